The molecule has 1 aliphatic rings. The van der Waals surface area contributed by atoms with Crippen molar-refractivity contribution in [3.05, 3.63) is 87.7 Å². The molecule has 1 fully saturated rings. The zero-order valence-corrected chi connectivity index (χ0v) is 26.2. The van der Waals surface area contributed by atoms with Gasteiger partial charge in [-0.15, -0.1) is 21.5 Å². The van der Waals surface area contributed by atoms with Crippen molar-refractivity contribution in [1.29, 1.82) is 0 Å². The lowest BCUT2D eigenvalue weighted by molar-refractivity contribution is -0.139. The molecule has 2 aromatic carbocycles. The second kappa shape index (κ2) is 13.2. The van der Waals surface area contributed by atoms with Gasteiger partial charge >= 0.3 is 5.97 Å². The minimum atomic E-state index is -1.08. The number of nitrogens with one attached hydrogen (secondary N) is 1. The van der Waals surface area contributed by atoms with Gasteiger partial charge in [-0.05, 0) is 66.2 Å². The van der Waals surface area contributed by atoms with Crippen molar-refractivity contribution in [2.24, 2.45) is 5.92 Å². The number of amides is 1. The molecule has 8 heteroatoms. The number of benzene rings is 2. The van der Waals surface area contributed by atoms with Crippen LogP contribution >= 0.6 is 11.3 Å². The van der Waals surface area contributed by atoms with Gasteiger partial charge in [-0.25, -0.2) is 9.78 Å². The lowest BCUT2D eigenvalue weighted by Crippen LogP contribution is -2.42. The summed E-state index contributed by atoms with van der Waals surface area (Å²) in [5, 5.41) is 21.2. The molecule has 1 aliphatic carbocycles. The third kappa shape index (κ3) is 7.54. The summed E-state index contributed by atoms with van der Waals surface area (Å²) in [5.74, 6) is 0.578. The first-order valence-corrected chi connectivity index (χ1v) is 16.0. The summed E-state index contributed by atoms with van der Waals surface area (Å²) < 4.78 is 0. The molecule has 224 valence electrons. The molecule has 0 unspecified atom stereocenters. The zero-order valence-electron chi connectivity index (χ0n) is 25.3. The van der Waals surface area contributed by atoms with E-state index in [0.29, 0.717) is 16.6 Å². The molecule has 0 bridgehead atoms. The van der Waals surface area contributed by atoms with Gasteiger partial charge < -0.3 is 10.4 Å². The lowest BCUT2D eigenvalue weighted by atomic mass is 9.78. The van der Waals surface area contributed by atoms with Crippen molar-refractivity contribution in [3.8, 4) is 22.6 Å². The Kier molecular flexibility index (Phi) is 9.35. The maximum atomic E-state index is 12.8. The van der Waals surface area contributed by atoms with Crippen molar-refractivity contribution in [1.82, 2.24) is 20.5 Å². The number of carbonyl (C=O) groups is 2. The van der Waals surface area contributed by atoms with Gasteiger partial charge in [0.2, 0.25) is 0 Å². The maximum absolute atomic E-state index is 12.8. The van der Waals surface area contributed by atoms with E-state index in [9.17, 15) is 14.7 Å². The highest BCUT2D eigenvalue weighted by Crippen LogP contribution is 2.37. The standard InChI is InChI=1S/C35H40N4O3S/c1-5-22-6-10-24(11-7-22)25-14-16-26(17-15-25)29-21-36-32(39-38-29)27-12-8-23(9-13-27)20-28(34(41)42)37-33(40)30-18-19-31(43-30)35(2,3)4/h8-9,12-19,21-22,24,28H,5-7,10-11,20H2,1-4H3,(H,37,40)(H,41,42)/t22?,24?,28-/m0/s1. The van der Waals surface area contributed by atoms with Gasteiger partial charge in [-0.3, -0.25) is 4.79 Å². The number of thiophene rings is 1. The van der Waals surface area contributed by atoms with E-state index in [2.05, 4.69) is 72.5 Å². The number of hydrogen-bond acceptors (Lipinski definition) is 6. The Morgan fingerprint density at radius 3 is 2.16 bits per heavy atom. The summed E-state index contributed by atoms with van der Waals surface area (Å²) in [5.41, 5.74) is 4.61. The number of carboxylic acid groups (broad SMARTS) is 1. The first-order valence-electron chi connectivity index (χ1n) is 15.1. The van der Waals surface area contributed by atoms with E-state index in [4.69, 9.17) is 0 Å². The van der Waals surface area contributed by atoms with Crippen molar-refractivity contribution in [3.63, 3.8) is 0 Å². The van der Waals surface area contributed by atoms with Gasteiger partial charge in [-0.2, -0.15) is 0 Å². The highest BCUT2D eigenvalue weighted by Gasteiger charge is 2.24. The highest BCUT2D eigenvalue weighted by molar-refractivity contribution is 7.14. The molecular weight excluding hydrogens is 556 g/mol. The van der Waals surface area contributed by atoms with Crippen molar-refractivity contribution < 1.29 is 14.7 Å². The molecule has 43 heavy (non-hydrogen) atoms. The van der Waals surface area contributed by atoms with Crippen LogP contribution in [0.1, 0.15) is 91.4 Å². The summed E-state index contributed by atoms with van der Waals surface area (Å²) in [6.07, 6.45) is 8.38. The fraction of sp³-hybridized carbons (Fsp3) is 0.400. The van der Waals surface area contributed by atoms with E-state index in [1.807, 2.05) is 30.3 Å². The Labute approximate surface area is 257 Å². The van der Waals surface area contributed by atoms with E-state index in [1.54, 1.807) is 12.3 Å². The molecular formula is C35H40N4O3S. The number of rotatable bonds is 9. The lowest BCUT2D eigenvalue weighted by Gasteiger charge is -2.28. The fourth-order valence-corrected chi connectivity index (χ4v) is 6.65. The van der Waals surface area contributed by atoms with Crippen LogP contribution in [-0.4, -0.2) is 38.2 Å². The Bertz CT molecular complexity index is 1530. The SMILES string of the molecule is CCC1CCC(c2ccc(-c3cnc(-c4ccc(C[C@H](NC(=O)c5ccc(C(C)(C)C)s5)C(=O)O)cc4)nn3)cc2)CC1. The molecule has 1 amide bonds. The minimum absolute atomic E-state index is 0.0742. The predicted octanol–water partition coefficient (Wildman–Crippen LogP) is 7.67. The van der Waals surface area contributed by atoms with E-state index >= 15 is 0 Å². The highest BCUT2D eigenvalue weighted by atomic mass is 32.1. The Hall–Kier alpha value is -3.91. The third-order valence-corrected chi connectivity index (χ3v) is 10.00. The number of aliphatic carboxylic acids is 1. The number of carbonyl (C=O) groups excluding carboxylic acids is 1. The average molecular weight is 597 g/mol. The fourth-order valence-electron chi connectivity index (χ4n) is 5.69. The van der Waals surface area contributed by atoms with Crippen molar-refractivity contribution in [2.45, 2.75) is 83.6 Å². The molecule has 1 atom stereocenters. The molecule has 1 saturated carbocycles. The molecule has 0 radical (unpaired) electrons. The van der Waals surface area contributed by atoms with E-state index in [1.165, 1.54) is 49.0 Å². The van der Waals surface area contributed by atoms with Crippen LogP contribution in [0.25, 0.3) is 22.6 Å². The summed E-state index contributed by atoms with van der Waals surface area (Å²) in [6.45, 7) is 8.54. The topological polar surface area (TPSA) is 105 Å². The summed E-state index contributed by atoms with van der Waals surface area (Å²) >= 11 is 1.39. The number of nitrogens with zero attached hydrogens (tertiary/aromatic N) is 3. The third-order valence-electron chi connectivity index (χ3n) is 8.49. The zero-order chi connectivity index (χ0) is 30.6. The van der Waals surface area contributed by atoms with Gasteiger partial charge in [0.25, 0.3) is 5.91 Å². The average Bonchev–Trinajstić information content (AvgIpc) is 3.53. The monoisotopic (exact) mass is 596 g/mol. The van der Waals surface area contributed by atoms with Crippen molar-refractivity contribution >= 4 is 23.2 Å². The molecule has 7 nitrogen and oxygen atoms in total. The smallest absolute Gasteiger partial charge is 0.326 e. The van der Waals surface area contributed by atoms with E-state index < -0.39 is 12.0 Å². The number of carboxylic acids is 1. The largest absolute Gasteiger partial charge is 0.480 e. The van der Waals surface area contributed by atoms with Gasteiger partial charge in [-0.1, -0.05) is 82.6 Å². The van der Waals surface area contributed by atoms with Crippen LogP contribution < -0.4 is 5.32 Å². The summed E-state index contributed by atoms with van der Waals surface area (Å²) in [6, 6.07) is 18.7. The van der Waals surface area contributed by atoms with Crippen LogP contribution in [0.2, 0.25) is 0 Å². The van der Waals surface area contributed by atoms with Gasteiger partial charge in [0.1, 0.15) is 11.7 Å². The Morgan fingerprint density at radius 2 is 1.60 bits per heavy atom. The van der Waals surface area contributed by atoms with E-state index in [-0.39, 0.29) is 17.7 Å². The molecule has 0 saturated heterocycles. The van der Waals surface area contributed by atoms with Crippen LogP contribution in [0.4, 0.5) is 0 Å². The predicted molar refractivity (Wildman–Crippen MR) is 171 cm³/mol. The van der Waals surface area contributed by atoms with Crippen LogP contribution in [0.3, 0.4) is 0 Å². The molecule has 0 spiro atoms. The van der Waals surface area contributed by atoms with Crippen molar-refractivity contribution in [2.75, 3.05) is 0 Å². The molecule has 5 rings (SSSR count). The molecule has 4 aromatic rings. The molecule has 2 heterocycles. The van der Waals surface area contributed by atoms with Crippen LogP contribution in [0, 0.1) is 5.92 Å². The quantitative estimate of drug-likeness (QED) is 0.205. The summed E-state index contributed by atoms with van der Waals surface area (Å²) in [4.78, 5) is 30.9. The van der Waals surface area contributed by atoms with E-state index in [0.717, 1.165) is 33.2 Å². The van der Waals surface area contributed by atoms with Gasteiger partial charge in [0.15, 0.2) is 5.82 Å². The van der Waals surface area contributed by atoms with Crippen LogP contribution in [0.15, 0.2) is 66.9 Å². The minimum Gasteiger partial charge on any atom is -0.480 e. The number of aromatic nitrogens is 3. The number of hydrogen-bond donors (Lipinski definition) is 2. The first kappa shape index (κ1) is 30.5. The van der Waals surface area contributed by atoms with Crippen LogP contribution in [0.5, 0.6) is 0 Å². The second-order valence-electron chi connectivity index (χ2n) is 12.6. The molecule has 2 aromatic heterocycles. The first-order chi connectivity index (χ1) is 20.6. The summed E-state index contributed by atoms with van der Waals surface area (Å²) in [7, 11) is 0. The van der Waals surface area contributed by atoms with Crippen LogP contribution in [-0.2, 0) is 16.6 Å². The van der Waals surface area contributed by atoms with Gasteiger partial charge in [0, 0.05) is 22.4 Å². The van der Waals surface area contributed by atoms with Gasteiger partial charge in [0.05, 0.1) is 11.1 Å². The Balaban J connectivity index is 1.19. The molecule has 2 N–H and O–H groups in total. The normalized spacial score (nSPS) is 17.8. The second-order valence-corrected chi connectivity index (χ2v) is 13.7. The molecule has 0 aliphatic heterocycles. The Morgan fingerprint density at radius 1 is 0.930 bits per heavy atom. The maximum Gasteiger partial charge on any atom is 0.326 e.